The molecule has 0 spiro atoms. The molecule has 0 amide bonds. The van der Waals surface area contributed by atoms with Gasteiger partial charge in [0.1, 0.15) is 0 Å². The second kappa shape index (κ2) is 16.7. The smallest absolute Gasteiger partial charge is 0.0640 e. The molecule has 4 heteroatoms. The summed E-state index contributed by atoms with van der Waals surface area (Å²) in [7, 11) is 0. The van der Waals surface area contributed by atoms with Crippen LogP contribution in [0, 0.1) is 0 Å². The maximum absolute atomic E-state index is 2.56. The normalized spacial score (nSPS) is 12.4. The summed E-state index contributed by atoms with van der Waals surface area (Å²) in [5.74, 6) is 0. The van der Waals surface area contributed by atoms with E-state index in [4.69, 9.17) is 0 Å². The molecule has 0 N–H and O–H groups in total. The molecule has 0 saturated heterocycles. The lowest BCUT2D eigenvalue weighted by Crippen LogP contribution is -1.95. The maximum atomic E-state index is 2.56. The van der Waals surface area contributed by atoms with Gasteiger partial charge in [-0.15, -0.1) is 22.7 Å². The third-order valence-electron chi connectivity index (χ3n) is 18.0. The first-order chi connectivity index (χ1) is 40.7. The van der Waals surface area contributed by atoms with Crippen molar-refractivity contribution < 1.29 is 0 Å². The number of rotatable bonds is 4. The fourth-order valence-corrected chi connectivity index (χ4v) is 16.9. The lowest BCUT2D eigenvalue weighted by molar-refractivity contribution is 1.18. The molecular formula is C78H44N2S2. The molecule has 2 nitrogen and oxygen atoms in total. The van der Waals surface area contributed by atoms with Crippen LogP contribution in [0.5, 0.6) is 0 Å². The Morgan fingerprint density at radius 1 is 0.207 bits per heavy atom. The molecule has 19 aromatic rings. The Bertz CT molecular complexity index is 5970. The van der Waals surface area contributed by atoms with Crippen LogP contribution < -0.4 is 0 Å². The summed E-state index contributed by atoms with van der Waals surface area (Å²) in [5, 5.41) is 25.4. The predicted octanol–water partition coefficient (Wildman–Crippen LogP) is 22.9. The van der Waals surface area contributed by atoms with Crippen molar-refractivity contribution in [1.29, 1.82) is 0 Å². The Hall–Kier alpha value is -10.1. The second-order valence-electron chi connectivity index (χ2n) is 22.2. The lowest BCUT2D eigenvalue weighted by Gasteiger charge is -2.14. The van der Waals surface area contributed by atoms with E-state index >= 15 is 0 Å². The third-order valence-corrected chi connectivity index (χ3v) is 20.5. The summed E-state index contributed by atoms with van der Waals surface area (Å²) in [4.78, 5) is 0. The van der Waals surface area contributed by atoms with E-state index in [1.807, 2.05) is 22.7 Å². The average molecular weight is 1070 g/mol. The summed E-state index contributed by atoms with van der Waals surface area (Å²) in [6, 6.07) is 101. The molecule has 4 heterocycles. The SMILES string of the molecule is c1cc(-c2ccc3sc4ccccc4c3c2)cc(-n2c3cc4c5ccccc5c5ccccc5c4cc3c3cc4c5ccccc5c5cc(-c6cccc7c6sc6c(-n8c9ccccc9c9ccccc98)cccc67)ccc5c4cc32)c1. The van der Waals surface area contributed by atoms with Crippen molar-refractivity contribution in [2.24, 2.45) is 0 Å². The van der Waals surface area contributed by atoms with Crippen LogP contribution in [-0.2, 0) is 0 Å². The fraction of sp³-hybridized carbons (Fsp3) is 0. The van der Waals surface area contributed by atoms with Gasteiger partial charge in [-0.05, 0) is 166 Å². The van der Waals surface area contributed by atoms with Crippen LogP contribution >= 0.6 is 22.7 Å². The Labute approximate surface area is 477 Å². The molecule has 0 radical (unpaired) electrons. The predicted molar refractivity (Wildman–Crippen MR) is 357 cm³/mol. The number of fused-ring (bicyclic) bond motifs is 24. The monoisotopic (exact) mass is 1070 g/mol. The van der Waals surface area contributed by atoms with Crippen LogP contribution in [0.1, 0.15) is 0 Å². The van der Waals surface area contributed by atoms with Crippen LogP contribution in [-0.4, -0.2) is 9.13 Å². The van der Waals surface area contributed by atoms with Crippen LogP contribution in [0.15, 0.2) is 267 Å². The van der Waals surface area contributed by atoms with Gasteiger partial charge in [-0.2, -0.15) is 0 Å². The minimum Gasteiger partial charge on any atom is -0.309 e. The first-order valence-electron chi connectivity index (χ1n) is 28.2. The molecule has 0 unspecified atom stereocenters. The standard InChI is InChI=1S/C78H44N2S2/c1-3-20-52-50(18-1)51-19-2-4-21-53(51)65-43-73-67(41-63(52)65)68-42-64-55-23-6-5-22-54(55)62-40-47(49-27-14-28-60-61-29-15-32-72(78(61)82-77(49)60)80-70-30-10-7-24-57(70)58-25-8-11-31-71(58)80)34-36-56(62)66(64)44-74(68)79(73)48-17-13-16-45(38-48)46-35-37-76-69(39-46)59-26-9-12-33-75(59)81-76/h1-44H. The summed E-state index contributed by atoms with van der Waals surface area (Å²) >= 11 is 3.79. The molecule has 378 valence electrons. The number of thiophene rings is 2. The fourth-order valence-electron chi connectivity index (χ4n) is 14.4. The summed E-state index contributed by atoms with van der Waals surface area (Å²) in [6.07, 6.45) is 0. The summed E-state index contributed by atoms with van der Waals surface area (Å²) < 4.78 is 10.3. The number of nitrogens with zero attached hydrogens (tertiary/aromatic N) is 2. The zero-order valence-corrected chi connectivity index (χ0v) is 45.7. The van der Waals surface area contributed by atoms with Crippen molar-refractivity contribution >= 4 is 171 Å². The Balaban J connectivity index is 0.861. The molecule has 0 aliphatic carbocycles. The van der Waals surface area contributed by atoms with Crippen LogP contribution in [0.4, 0.5) is 0 Å². The zero-order valence-electron chi connectivity index (χ0n) is 44.1. The van der Waals surface area contributed by atoms with Gasteiger partial charge in [-0.25, -0.2) is 0 Å². The molecule has 19 rings (SSSR count). The highest BCUT2D eigenvalue weighted by Gasteiger charge is 2.22. The van der Waals surface area contributed by atoms with Crippen molar-refractivity contribution in [1.82, 2.24) is 9.13 Å². The number of benzene rings is 15. The summed E-state index contributed by atoms with van der Waals surface area (Å²) in [6.45, 7) is 0. The van der Waals surface area contributed by atoms with Gasteiger partial charge in [0.25, 0.3) is 0 Å². The first kappa shape index (κ1) is 44.7. The lowest BCUT2D eigenvalue weighted by atomic mass is 9.90. The molecule has 0 saturated carbocycles. The molecule has 0 bridgehead atoms. The Morgan fingerprint density at radius 2 is 0.659 bits per heavy atom. The van der Waals surface area contributed by atoms with Crippen molar-refractivity contribution in [3.8, 4) is 33.6 Å². The quantitative estimate of drug-likeness (QED) is 0.156. The van der Waals surface area contributed by atoms with E-state index in [2.05, 4.69) is 276 Å². The van der Waals surface area contributed by atoms with Gasteiger partial charge in [0.15, 0.2) is 0 Å². The molecule has 0 aliphatic heterocycles. The van der Waals surface area contributed by atoms with Gasteiger partial charge in [-0.1, -0.05) is 188 Å². The molecule has 82 heavy (non-hydrogen) atoms. The molecule has 0 atom stereocenters. The number of aromatic nitrogens is 2. The van der Waals surface area contributed by atoms with Crippen LogP contribution in [0.3, 0.4) is 0 Å². The van der Waals surface area contributed by atoms with Crippen molar-refractivity contribution in [2.45, 2.75) is 0 Å². The third kappa shape index (κ3) is 6.17. The van der Waals surface area contributed by atoms with E-state index in [-0.39, 0.29) is 0 Å². The number of para-hydroxylation sites is 2. The minimum atomic E-state index is 1.14. The largest absolute Gasteiger partial charge is 0.309 e. The topological polar surface area (TPSA) is 9.86 Å². The average Bonchev–Trinajstić information content (AvgIpc) is 4.42. The van der Waals surface area contributed by atoms with Gasteiger partial charge < -0.3 is 9.13 Å². The highest BCUT2D eigenvalue weighted by atomic mass is 32.1. The Kier molecular flexibility index (Phi) is 9.12. The van der Waals surface area contributed by atoms with Crippen LogP contribution in [0.2, 0.25) is 0 Å². The van der Waals surface area contributed by atoms with Gasteiger partial charge in [0.2, 0.25) is 0 Å². The molecule has 4 aromatic heterocycles. The molecule has 0 aliphatic rings. The molecule has 0 fully saturated rings. The van der Waals surface area contributed by atoms with Crippen molar-refractivity contribution in [3.05, 3.63) is 267 Å². The molecular weight excluding hydrogens is 1030 g/mol. The van der Waals surface area contributed by atoms with E-state index < -0.39 is 0 Å². The Morgan fingerprint density at radius 3 is 1.30 bits per heavy atom. The van der Waals surface area contributed by atoms with Gasteiger partial charge in [-0.3, -0.25) is 0 Å². The number of hydrogen-bond donors (Lipinski definition) is 0. The highest BCUT2D eigenvalue weighted by Crippen LogP contribution is 2.48. The highest BCUT2D eigenvalue weighted by molar-refractivity contribution is 7.27. The van der Waals surface area contributed by atoms with E-state index in [9.17, 15) is 0 Å². The van der Waals surface area contributed by atoms with E-state index in [0.29, 0.717) is 0 Å². The van der Waals surface area contributed by atoms with Gasteiger partial charge in [0, 0.05) is 62.9 Å². The van der Waals surface area contributed by atoms with Crippen LogP contribution in [0.25, 0.3) is 182 Å². The minimum absolute atomic E-state index is 1.14. The first-order valence-corrected chi connectivity index (χ1v) is 29.9. The van der Waals surface area contributed by atoms with E-state index in [1.165, 1.54) is 177 Å². The van der Waals surface area contributed by atoms with Crippen molar-refractivity contribution in [3.63, 3.8) is 0 Å². The maximum Gasteiger partial charge on any atom is 0.0640 e. The summed E-state index contributed by atoms with van der Waals surface area (Å²) in [5.41, 5.74) is 12.1. The second-order valence-corrected chi connectivity index (χ2v) is 24.3. The van der Waals surface area contributed by atoms with Crippen molar-refractivity contribution in [2.75, 3.05) is 0 Å². The van der Waals surface area contributed by atoms with E-state index in [1.54, 1.807) is 0 Å². The van der Waals surface area contributed by atoms with Gasteiger partial charge in [0.05, 0.1) is 32.5 Å². The van der Waals surface area contributed by atoms with Gasteiger partial charge >= 0.3 is 0 Å². The van der Waals surface area contributed by atoms with E-state index in [0.717, 1.165) is 5.69 Å². The zero-order chi connectivity index (χ0) is 53.3. The number of hydrogen-bond acceptors (Lipinski definition) is 2. The molecule has 15 aromatic carbocycles.